The maximum atomic E-state index is 4.91. The molecule has 0 fully saturated rings. The van der Waals surface area contributed by atoms with E-state index in [1.165, 1.54) is 44.4 Å². The molecule has 1 aliphatic carbocycles. The number of benzene rings is 5. The number of para-hydroxylation sites is 3. The average Bonchev–Trinajstić information content (AvgIpc) is 3.34. The molecule has 0 N–H and O–H groups in total. The maximum absolute atomic E-state index is 4.91. The lowest BCUT2D eigenvalue weighted by atomic mass is 9.82. The summed E-state index contributed by atoms with van der Waals surface area (Å²) in [5, 5.41) is 7.34. The average molecular weight is 514 g/mol. The summed E-state index contributed by atoms with van der Waals surface area (Å²) < 4.78 is 2.07. The number of fused-ring (bicyclic) bond motifs is 7. The zero-order valence-electron chi connectivity index (χ0n) is 22.0. The number of aromatic nitrogens is 1. The third-order valence-corrected chi connectivity index (χ3v) is 8.11. The predicted octanol–water partition coefficient (Wildman–Crippen LogP) is 9.07. The van der Waals surface area contributed by atoms with E-state index in [2.05, 4.69) is 131 Å². The third kappa shape index (κ3) is 3.70. The first-order valence-electron chi connectivity index (χ1n) is 13.8. The Morgan fingerprint density at radius 3 is 2.27 bits per heavy atom. The van der Waals surface area contributed by atoms with Crippen molar-refractivity contribution in [2.24, 2.45) is 5.10 Å². The van der Waals surface area contributed by atoms with Gasteiger partial charge < -0.3 is 4.90 Å². The largest absolute Gasteiger partial charge is 0.334 e. The summed E-state index contributed by atoms with van der Waals surface area (Å²) in [6, 6.07) is 45.5. The minimum atomic E-state index is 0.264. The van der Waals surface area contributed by atoms with Crippen LogP contribution < -0.4 is 4.90 Å². The molecular formula is C37H27N3. The molecule has 190 valence electrons. The van der Waals surface area contributed by atoms with Crippen molar-refractivity contribution in [3.8, 4) is 0 Å². The van der Waals surface area contributed by atoms with Crippen molar-refractivity contribution in [2.75, 3.05) is 4.90 Å². The molecule has 3 heteroatoms. The Labute approximate surface area is 233 Å². The highest BCUT2D eigenvalue weighted by Crippen LogP contribution is 2.46. The van der Waals surface area contributed by atoms with Crippen LogP contribution in [0.2, 0.25) is 0 Å². The highest BCUT2D eigenvalue weighted by molar-refractivity contribution is 6.09. The molecule has 0 radical (unpaired) electrons. The topological polar surface area (TPSA) is 20.5 Å². The molecule has 2 heterocycles. The molecular weight excluding hydrogens is 486 g/mol. The Morgan fingerprint density at radius 1 is 0.675 bits per heavy atom. The molecule has 1 aromatic heterocycles. The molecule has 40 heavy (non-hydrogen) atoms. The first-order valence-corrected chi connectivity index (χ1v) is 13.8. The normalized spacial score (nSPS) is 16.3. The van der Waals surface area contributed by atoms with Crippen LogP contribution in [0, 0.1) is 0 Å². The zero-order valence-corrected chi connectivity index (χ0v) is 22.0. The van der Waals surface area contributed by atoms with Gasteiger partial charge in [-0.25, -0.2) is 4.68 Å². The van der Waals surface area contributed by atoms with Crippen LogP contribution in [0.4, 0.5) is 11.4 Å². The van der Waals surface area contributed by atoms with Gasteiger partial charge in [-0.1, -0.05) is 103 Å². The summed E-state index contributed by atoms with van der Waals surface area (Å²) in [6.45, 7) is 0. The highest BCUT2D eigenvalue weighted by Gasteiger charge is 2.31. The van der Waals surface area contributed by atoms with Gasteiger partial charge in [-0.2, -0.15) is 5.10 Å². The van der Waals surface area contributed by atoms with Gasteiger partial charge in [-0.15, -0.1) is 0 Å². The molecule has 8 rings (SSSR count). The number of hydrogen-bond acceptors (Lipinski definition) is 2. The van der Waals surface area contributed by atoms with Crippen molar-refractivity contribution in [2.45, 2.75) is 12.5 Å². The third-order valence-electron chi connectivity index (χ3n) is 8.11. The molecule has 3 nitrogen and oxygen atoms in total. The summed E-state index contributed by atoms with van der Waals surface area (Å²) in [4.78, 5) is 2.49. The molecule has 1 atom stereocenters. The van der Waals surface area contributed by atoms with Gasteiger partial charge in [0.25, 0.3) is 0 Å². The van der Waals surface area contributed by atoms with Gasteiger partial charge >= 0.3 is 0 Å². The Bertz CT molecular complexity index is 1980. The van der Waals surface area contributed by atoms with E-state index in [4.69, 9.17) is 5.10 Å². The van der Waals surface area contributed by atoms with Gasteiger partial charge in [0.2, 0.25) is 0 Å². The minimum Gasteiger partial charge on any atom is -0.334 e. The smallest absolute Gasteiger partial charge is 0.0732 e. The monoisotopic (exact) mass is 513 g/mol. The molecule has 0 saturated heterocycles. The fraction of sp³-hybridized carbons (Fsp3) is 0.0541. The van der Waals surface area contributed by atoms with Crippen molar-refractivity contribution in [1.29, 1.82) is 0 Å². The molecule has 1 unspecified atom stereocenters. The first kappa shape index (κ1) is 22.8. The number of anilines is 2. The summed E-state index contributed by atoms with van der Waals surface area (Å²) in [6.07, 6.45) is 7.78. The number of allylic oxidation sites excluding steroid dienone is 2. The van der Waals surface area contributed by atoms with Crippen LogP contribution >= 0.6 is 0 Å². The van der Waals surface area contributed by atoms with E-state index in [1.807, 2.05) is 24.4 Å². The fourth-order valence-corrected chi connectivity index (χ4v) is 6.29. The zero-order chi connectivity index (χ0) is 26.5. The van der Waals surface area contributed by atoms with Crippen LogP contribution in [0.5, 0.6) is 0 Å². The van der Waals surface area contributed by atoms with E-state index < -0.39 is 0 Å². The van der Waals surface area contributed by atoms with Crippen molar-refractivity contribution in [3.05, 3.63) is 156 Å². The summed E-state index contributed by atoms with van der Waals surface area (Å²) in [5.41, 5.74) is 11.0. The fourth-order valence-electron chi connectivity index (χ4n) is 6.29. The van der Waals surface area contributed by atoms with Crippen molar-refractivity contribution in [1.82, 2.24) is 4.68 Å². The lowest BCUT2D eigenvalue weighted by molar-refractivity contribution is 0.778. The molecule has 0 spiro atoms. The first-order chi connectivity index (χ1) is 19.8. The van der Waals surface area contributed by atoms with Crippen LogP contribution in [0.3, 0.4) is 0 Å². The summed E-state index contributed by atoms with van der Waals surface area (Å²) in [7, 11) is 0. The number of hydrogen-bond donors (Lipinski definition) is 0. The lowest BCUT2D eigenvalue weighted by Crippen LogP contribution is -2.35. The highest BCUT2D eigenvalue weighted by atomic mass is 15.3. The van der Waals surface area contributed by atoms with Gasteiger partial charge in [-0.05, 0) is 65.1 Å². The number of nitrogens with zero attached hydrogens (tertiary/aromatic N) is 3. The second-order valence-electron chi connectivity index (χ2n) is 10.5. The van der Waals surface area contributed by atoms with Crippen LogP contribution in [-0.4, -0.2) is 16.9 Å². The van der Waals surface area contributed by atoms with Gasteiger partial charge in [0.15, 0.2) is 0 Å². The van der Waals surface area contributed by atoms with Gasteiger partial charge in [-0.3, -0.25) is 0 Å². The second kappa shape index (κ2) is 9.25. The standard InChI is InChI=1S/C37H27N3/c1-3-11-26(12-4-1)25-38-40-36-18-10-8-16-33(36)34-24-27(19-20-37(34)40)28-21-29-23-31(22-28)39(30-13-5-2-6-14-30)35-17-9-7-15-32(29)35/h1-22,24-25,31H,23H2/b38-25+. The van der Waals surface area contributed by atoms with Crippen molar-refractivity contribution < 1.29 is 0 Å². The molecule has 2 bridgehead atoms. The van der Waals surface area contributed by atoms with Crippen LogP contribution in [0.1, 0.15) is 23.1 Å². The molecule has 1 aliphatic heterocycles. The van der Waals surface area contributed by atoms with E-state index in [-0.39, 0.29) is 6.04 Å². The maximum Gasteiger partial charge on any atom is 0.0732 e. The van der Waals surface area contributed by atoms with E-state index >= 15 is 0 Å². The van der Waals surface area contributed by atoms with Gasteiger partial charge in [0.1, 0.15) is 0 Å². The lowest BCUT2D eigenvalue weighted by Gasteiger charge is -2.41. The van der Waals surface area contributed by atoms with E-state index in [9.17, 15) is 0 Å². The SMILES string of the molecule is C1=C(c2ccc3c(c2)c2ccccc2n3/N=C/c2ccccc2)C=C2CC1N(c1ccccc1)c1ccccc12. The van der Waals surface area contributed by atoms with Crippen molar-refractivity contribution in [3.63, 3.8) is 0 Å². The quantitative estimate of drug-likeness (QED) is 0.215. The van der Waals surface area contributed by atoms with Crippen molar-refractivity contribution >= 4 is 50.5 Å². The Kier molecular flexibility index (Phi) is 5.27. The molecule has 6 aromatic rings. The summed E-state index contributed by atoms with van der Waals surface area (Å²) in [5.74, 6) is 0. The Balaban J connectivity index is 1.26. The van der Waals surface area contributed by atoms with Gasteiger partial charge in [0, 0.05) is 27.7 Å². The van der Waals surface area contributed by atoms with E-state index in [0.717, 1.165) is 23.0 Å². The summed E-state index contributed by atoms with van der Waals surface area (Å²) >= 11 is 0. The van der Waals surface area contributed by atoms with Crippen LogP contribution in [-0.2, 0) is 0 Å². The molecule has 0 saturated carbocycles. The van der Waals surface area contributed by atoms with E-state index in [1.54, 1.807) is 0 Å². The molecule has 2 aliphatic rings. The Morgan fingerprint density at radius 2 is 1.40 bits per heavy atom. The van der Waals surface area contributed by atoms with Crippen LogP contribution in [0.15, 0.2) is 145 Å². The second-order valence-corrected chi connectivity index (χ2v) is 10.5. The minimum absolute atomic E-state index is 0.264. The molecule has 0 amide bonds. The Hall–Kier alpha value is -5.15. The number of rotatable bonds is 4. The van der Waals surface area contributed by atoms with Crippen LogP contribution in [0.25, 0.3) is 33.0 Å². The van der Waals surface area contributed by atoms with E-state index in [0.29, 0.717) is 0 Å². The van der Waals surface area contributed by atoms with Gasteiger partial charge in [0.05, 0.1) is 23.3 Å². The molecule has 5 aromatic carbocycles. The predicted molar refractivity (Wildman–Crippen MR) is 168 cm³/mol.